The Labute approximate surface area is 86.4 Å². The fourth-order valence-electron chi connectivity index (χ4n) is 2.48. The smallest absolute Gasteiger partial charge is 0.0480 e. The molecule has 0 unspecified atom stereocenters. The summed E-state index contributed by atoms with van der Waals surface area (Å²) in [6, 6.07) is 1.88. The predicted molar refractivity (Wildman–Crippen MR) is 57.2 cm³/mol. The molecule has 1 aliphatic heterocycles. The molecule has 3 heteroatoms. The van der Waals surface area contributed by atoms with E-state index < -0.39 is 0 Å². The third-order valence-corrected chi connectivity index (χ3v) is 3.46. The maximum absolute atomic E-state index is 5.88. The van der Waals surface area contributed by atoms with Crippen LogP contribution in [0, 0.1) is 0 Å². The molecule has 1 saturated carbocycles. The number of hydrogen-bond acceptors (Lipinski definition) is 3. The molecular formula is C11H22N2O. The number of ether oxygens (including phenoxy) is 1. The number of nitrogens with two attached hydrogens (primary N) is 1. The second kappa shape index (κ2) is 5.10. The molecule has 0 radical (unpaired) electrons. The van der Waals surface area contributed by atoms with Gasteiger partial charge in [0.1, 0.15) is 0 Å². The van der Waals surface area contributed by atoms with Gasteiger partial charge in [-0.15, -0.1) is 0 Å². The molecule has 0 aromatic heterocycles. The van der Waals surface area contributed by atoms with Gasteiger partial charge in [-0.05, 0) is 38.5 Å². The average Bonchev–Trinajstić information content (AvgIpc) is 2.23. The highest BCUT2D eigenvalue weighted by atomic mass is 16.5. The highest BCUT2D eigenvalue weighted by Gasteiger charge is 2.22. The first-order chi connectivity index (χ1) is 6.84. The minimum Gasteiger partial charge on any atom is -0.381 e. The summed E-state index contributed by atoms with van der Waals surface area (Å²) >= 11 is 0. The fraction of sp³-hybridized carbons (Fsp3) is 1.00. The van der Waals surface area contributed by atoms with Crippen LogP contribution in [0.4, 0.5) is 0 Å². The lowest BCUT2D eigenvalue weighted by Gasteiger charge is -2.32. The lowest BCUT2D eigenvalue weighted by atomic mass is 9.91. The van der Waals surface area contributed by atoms with Crippen molar-refractivity contribution in [1.82, 2.24) is 5.32 Å². The van der Waals surface area contributed by atoms with Gasteiger partial charge in [0.15, 0.2) is 0 Å². The van der Waals surface area contributed by atoms with Crippen molar-refractivity contribution in [2.24, 2.45) is 5.73 Å². The molecule has 0 amide bonds. The molecule has 0 aromatic rings. The van der Waals surface area contributed by atoms with Gasteiger partial charge in [0.05, 0.1) is 0 Å². The van der Waals surface area contributed by atoms with Crippen molar-refractivity contribution in [3.63, 3.8) is 0 Å². The van der Waals surface area contributed by atoms with Gasteiger partial charge < -0.3 is 15.8 Å². The first kappa shape index (κ1) is 10.4. The summed E-state index contributed by atoms with van der Waals surface area (Å²) < 4.78 is 5.35. The molecule has 1 aliphatic carbocycles. The lowest BCUT2D eigenvalue weighted by Crippen LogP contribution is -2.44. The summed E-state index contributed by atoms with van der Waals surface area (Å²) in [4.78, 5) is 0. The van der Waals surface area contributed by atoms with Crippen LogP contribution in [0.1, 0.15) is 38.5 Å². The van der Waals surface area contributed by atoms with Gasteiger partial charge >= 0.3 is 0 Å². The van der Waals surface area contributed by atoms with Gasteiger partial charge in [0, 0.05) is 31.3 Å². The molecule has 3 nitrogen and oxygen atoms in total. The van der Waals surface area contributed by atoms with E-state index in [1.165, 1.54) is 38.5 Å². The second-order valence-corrected chi connectivity index (χ2v) is 4.67. The Hall–Kier alpha value is -0.120. The van der Waals surface area contributed by atoms with E-state index in [1.54, 1.807) is 0 Å². The Bertz CT molecular complexity index is 161. The van der Waals surface area contributed by atoms with E-state index in [2.05, 4.69) is 5.32 Å². The fourth-order valence-corrected chi connectivity index (χ4v) is 2.48. The van der Waals surface area contributed by atoms with Crippen LogP contribution in [0.2, 0.25) is 0 Å². The topological polar surface area (TPSA) is 47.3 Å². The van der Waals surface area contributed by atoms with E-state index in [4.69, 9.17) is 10.5 Å². The van der Waals surface area contributed by atoms with Crippen molar-refractivity contribution in [2.45, 2.75) is 56.7 Å². The van der Waals surface area contributed by atoms with Crippen LogP contribution in [0.5, 0.6) is 0 Å². The normalized spacial score (nSPS) is 35.8. The largest absolute Gasteiger partial charge is 0.381 e. The van der Waals surface area contributed by atoms with Crippen LogP contribution in [0.25, 0.3) is 0 Å². The molecule has 2 fully saturated rings. The van der Waals surface area contributed by atoms with Gasteiger partial charge in [-0.1, -0.05) is 0 Å². The van der Waals surface area contributed by atoms with E-state index in [0.29, 0.717) is 12.1 Å². The van der Waals surface area contributed by atoms with E-state index in [-0.39, 0.29) is 0 Å². The van der Waals surface area contributed by atoms with Crippen molar-refractivity contribution < 1.29 is 4.74 Å². The Morgan fingerprint density at radius 2 is 1.43 bits per heavy atom. The zero-order valence-corrected chi connectivity index (χ0v) is 8.87. The molecule has 2 rings (SSSR count). The molecule has 82 valence electrons. The van der Waals surface area contributed by atoms with Gasteiger partial charge in [0.2, 0.25) is 0 Å². The Morgan fingerprint density at radius 3 is 2.07 bits per heavy atom. The average molecular weight is 198 g/mol. The van der Waals surface area contributed by atoms with Crippen LogP contribution >= 0.6 is 0 Å². The predicted octanol–water partition coefficient (Wildman–Crippen LogP) is 1.02. The van der Waals surface area contributed by atoms with Crippen LogP contribution in [0.15, 0.2) is 0 Å². The van der Waals surface area contributed by atoms with Gasteiger partial charge in [-0.3, -0.25) is 0 Å². The molecule has 2 aliphatic rings. The minimum absolute atomic E-state index is 0.461. The summed E-state index contributed by atoms with van der Waals surface area (Å²) in [5, 5.41) is 3.74. The maximum Gasteiger partial charge on any atom is 0.0480 e. The maximum atomic E-state index is 5.88. The molecule has 0 bridgehead atoms. The highest BCUT2D eigenvalue weighted by Crippen LogP contribution is 2.19. The molecule has 0 aromatic carbocycles. The highest BCUT2D eigenvalue weighted by molar-refractivity contribution is 4.82. The van der Waals surface area contributed by atoms with Gasteiger partial charge in [-0.25, -0.2) is 0 Å². The SMILES string of the molecule is NC1CCC(NC2CCOCC2)CC1. The van der Waals surface area contributed by atoms with E-state index >= 15 is 0 Å². The molecule has 0 spiro atoms. The quantitative estimate of drug-likeness (QED) is 0.696. The van der Waals surface area contributed by atoms with Gasteiger partial charge in [0.25, 0.3) is 0 Å². The molecule has 1 saturated heterocycles. The van der Waals surface area contributed by atoms with E-state index in [0.717, 1.165) is 19.3 Å². The van der Waals surface area contributed by atoms with Crippen molar-refractivity contribution in [2.75, 3.05) is 13.2 Å². The molecule has 0 atom stereocenters. The lowest BCUT2D eigenvalue weighted by molar-refractivity contribution is 0.0729. The van der Waals surface area contributed by atoms with Crippen molar-refractivity contribution in [3.05, 3.63) is 0 Å². The first-order valence-corrected chi connectivity index (χ1v) is 5.94. The molecule has 3 N–H and O–H groups in total. The van der Waals surface area contributed by atoms with Crippen LogP contribution < -0.4 is 11.1 Å². The minimum atomic E-state index is 0.461. The van der Waals surface area contributed by atoms with E-state index in [9.17, 15) is 0 Å². The number of hydrogen-bond donors (Lipinski definition) is 2. The monoisotopic (exact) mass is 198 g/mol. The summed E-state index contributed by atoms with van der Waals surface area (Å²) in [5.41, 5.74) is 5.88. The van der Waals surface area contributed by atoms with Gasteiger partial charge in [-0.2, -0.15) is 0 Å². The van der Waals surface area contributed by atoms with Crippen LogP contribution in [0.3, 0.4) is 0 Å². The summed E-state index contributed by atoms with van der Waals surface area (Å²) in [6.45, 7) is 1.87. The standard InChI is InChI=1S/C11H22N2O/c12-9-1-3-10(4-2-9)13-11-5-7-14-8-6-11/h9-11,13H,1-8,12H2. The summed E-state index contributed by atoms with van der Waals surface area (Å²) in [7, 11) is 0. The van der Waals surface area contributed by atoms with Crippen molar-refractivity contribution in [3.8, 4) is 0 Å². The second-order valence-electron chi connectivity index (χ2n) is 4.67. The molecule has 14 heavy (non-hydrogen) atoms. The summed E-state index contributed by atoms with van der Waals surface area (Å²) in [5.74, 6) is 0. The Balaban J connectivity index is 1.68. The molecule has 1 heterocycles. The number of rotatable bonds is 2. The van der Waals surface area contributed by atoms with Crippen molar-refractivity contribution in [1.29, 1.82) is 0 Å². The number of nitrogens with one attached hydrogen (secondary N) is 1. The zero-order valence-electron chi connectivity index (χ0n) is 8.87. The Morgan fingerprint density at radius 1 is 0.857 bits per heavy atom. The third-order valence-electron chi connectivity index (χ3n) is 3.46. The van der Waals surface area contributed by atoms with Crippen molar-refractivity contribution >= 4 is 0 Å². The first-order valence-electron chi connectivity index (χ1n) is 5.94. The molecular weight excluding hydrogens is 176 g/mol. The summed E-state index contributed by atoms with van der Waals surface area (Å²) in [6.07, 6.45) is 7.28. The van der Waals surface area contributed by atoms with E-state index in [1.807, 2.05) is 0 Å². The Kier molecular flexibility index (Phi) is 3.79. The van der Waals surface area contributed by atoms with Crippen LogP contribution in [-0.2, 0) is 4.74 Å². The van der Waals surface area contributed by atoms with Crippen LogP contribution in [-0.4, -0.2) is 31.3 Å². The third kappa shape index (κ3) is 2.94. The zero-order chi connectivity index (χ0) is 9.80.